The lowest BCUT2D eigenvalue weighted by Gasteiger charge is -2.09. The number of aromatic nitrogens is 6. The first kappa shape index (κ1) is 21.9. The van der Waals surface area contributed by atoms with Crippen LogP contribution in [0.3, 0.4) is 0 Å². The minimum absolute atomic E-state index is 0.0908. The molecule has 10 nitrogen and oxygen atoms in total. The Bertz CT molecular complexity index is 1470. The van der Waals surface area contributed by atoms with Crippen molar-refractivity contribution in [3.8, 4) is 22.9 Å². The van der Waals surface area contributed by atoms with Crippen LogP contribution in [0.25, 0.3) is 11.4 Å². The van der Waals surface area contributed by atoms with E-state index >= 15 is 0 Å². The highest BCUT2D eigenvalue weighted by molar-refractivity contribution is 6.10. The fraction of sp³-hybridized carbons (Fsp3) is 0.0833. The van der Waals surface area contributed by atoms with E-state index in [0.29, 0.717) is 22.8 Å². The van der Waals surface area contributed by atoms with E-state index in [1.54, 1.807) is 43.4 Å². The summed E-state index contributed by atoms with van der Waals surface area (Å²) in [5.41, 5.74) is 1.75. The highest BCUT2D eigenvalue weighted by Gasteiger charge is 2.17. The van der Waals surface area contributed by atoms with Crippen LogP contribution in [0.2, 0.25) is 0 Å². The summed E-state index contributed by atoms with van der Waals surface area (Å²) in [6.45, 7) is -0.0923. The van der Waals surface area contributed by atoms with Crippen molar-refractivity contribution in [1.29, 1.82) is 0 Å². The Balaban J connectivity index is 1.35. The van der Waals surface area contributed by atoms with Gasteiger partial charge >= 0.3 is 0 Å². The van der Waals surface area contributed by atoms with E-state index in [1.807, 2.05) is 30.3 Å². The molecule has 0 aliphatic rings. The second kappa shape index (κ2) is 9.91. The molecule has 0 aliphatic carbocycles. The van der Waals surface area contributed by atoms with Gasteiger partial charge in [0, 0.05) is 12.6 Å². The maximum Gasteiger partial charge on any atom is 0.267 e. The molecule has 0 amide bonds. The van der Waals surface area contributed by atoms with Gasteiger partial charge in [0.1, 0.15) is 5.75 Å². The van der Waals surface area contributed by atoms with Crippen LogP contribution >= 0.6 is 0 Å². The van der Waals surface area contributed by atoms with Crippen LogP contribution in [-0.4, -0.2) is 36.1 Å². The molecule has 2 aromatic heterocycles. The van der Waals surface area contributed by atoms with Gasteiger partial charge in [0.15, 0.2) is 23.9 Å². The Morgan fingerprint density at radius 3 is 2.49 bits per heavy atom. The first-order chi connectivity index (χ1) is 17.2. The Morgan fingerprint density at radius 2 is 1.71 bits per heavy atom. The van der Waals surface area contributed by atoms with E-state index in [-0.39, 0.29) is 24.1 Å². The molecule has 0 unspecified atom stereocenters. The molecule has 0 saturated carbocycles. The van der Waals surface area contributed by atoms with Gasteiger partial charge in [-0.2, -0.15) is 4.98 Å². The molecule has 5 rings (SSSR count). The second-order valence-electron chi connectivity index (χ2n) is 7.25. The number of nitrogens with zero attached hydrogens (tertiary/aromatic N) is 7. The Morgan fingerprint density at radius 1 is 0.971 bits per heavy atom. The number of ether oxygens (including phenoxy) is 1. The van der Waals surface area contributed by atoms with Crippen molar-refractivity contribution in [3.05, 3.63) is 102 Å². The van der Waals surface area contributed by atoms with Crippen LogP contribution < -0.4 is 4.74 Å². The van der Waals surface area contributed by atoms with Crippen LogP contribution in [0.1, 0.15) is 17.3 Å². The molecule has 35 heavy (non-hydrogen) atoms. The van der Waals surface area contributed by atoms with Crippen LogP contribution in [0.4, 0.5) is 4.39 Å². The third-order valence-electron chi connectivity index (χ3n) is 4.88. The van der Waals surface area contributed by atoms with Gasteiger partial charge in [0.25, 0.3) is 5.89 Å². The second-order valence-corrected chi connectivity index (χ2v) is 7.25. The fourth-order valence-electron chi connectivity index (χ4n) is 3.21. The van der Waals surface area contributed by atoms with Crippen molar-refractivity contribution in [3.63, 3.8) is 0 Å². The summed E-state index contributed by atoms with van der Waals surface area (Å²) in [7, 11) is 1.71. The SMILES string of the molecule is Cn1nnnc1/C(=N\OCc1nc(-c2ccccc2Oc2ccccc2F)no1)c1ccccc1. The molecule has 2 heterocycles. The lowest BCUT2D eigenvalue weighted by Crippen LogP contribution is -2.12. The highest BCUT2D eigenvalue weighted by atomic mass is 19.1. The molecule has 0 bridgehead atoms. The van der Waals surface area contributed by atoms with Crippen LogP contribution in [-0.2, 0) is 18.5 Å². The zero-order valence-corrected chi connectivity index (χ0v) is 18.4. The van der Waals surface area contributed by atoms with Crippen molar-refractivity contribution < 1.29 is 18.5 Å². The Hall–Kier alpha value is -4.93. The number of oxime groups is 1. The minimum atomic E-state index is -0.477. The number of benzene rings is 3. The Labute approximate surface area is 198 Å². The minimum Gasteiger partial charge on any atom is -0.454 e. The summed E-state index contributed by atoms with van der Waals surface area (Å²) in [6.07, 6.45) is 0. The molecule has 0 saturated heterocycles. The average molecular weight is 471 g/mol. The monoisotopic (exact) mass is 471 g/mol. The number of para-hydroxylation sites is 2. The molecule has 0 fully saturated rings. The molecule has 5 aromatic rings. The zero-order chi connectivity index (χ0) is 24.0. The van der Waals surface area contributed by atoms with Gasteiger partial charge in [-0.3, -0.25) is 0 Å². The first-order valence-electron chi connectivity index (χ1n) is 10.5. The molecule has 0 spiro atoms. The molecule has 0 atom stereocenters. The zero-order valence-electron chi connectivity index (χ0n) is 18.4. The summed E-state index contributed by atoms with van der Waals surface area (Å²) in [5.74, 6) is 0.877. The van der Waals surface area contributed by atoms with Gasteiger partial charge < -0.3 is 14.1 Å². The molecule has 11 heteroatoms. The number of halogens is 1. The largest absolute Gasteiger partial charge is 0.454 e. The number of hydrogen-bond acceptors (Lipinski definition) is 9. The van der Waals surface area contributed by atoms with Gasteiger partial charge in [0.05, 0.1) is 5.56 Å². The van der Waals surface area contributed by atoms with Crippen molar-refractivity contribution in [2.24, 2.45) is 12.2 Å². The van der Waals surface area contributed by atoms with Gasteiger partial charge in [0.2, 0.25) is 11.6 Å². The lowest BCUT2D eigenvalue weighted by atomic mass is 10.1. The van der Waals surface area contributed by atoms with E-state index < -0.39 is 5.82 Å². The van der Waals surface area contributed by atoms with Crippen molar-refractivity contribution in [2.45, 2.75) is 6.61 Å². The van der Waals surface area contributed by atoms with Crippen molar-refractivity contribution in [2.75, 3.05) is 0 Å². The van der Waals surface area contributed by atoms with Crippen LogP contribution in [0.5, 0.6) is 11.5 Å². The summed E-state index contributed by atoms with van der Waals surface area (Å²) >= 11 is 0. The molecule has 0 radical (unpaired) electrons. The summed E-state index contributed by atoms with van der Waals surface area (Å²) in [5, 5.41) is 19.8. The van der Waals surface area contributed by atoms with Crippen LogP contribution in [0, 0.1) is 5.82 Å². The number of aryl methyl sites for hydroxylation is 1. The van der Waals surface area contributed by atoms with E-state index in [1.165, 1.54) is 16.8 Å². The number of tetrazole rings is 1. The van der Waals surface area contributed by atoms with E-state index in [4.69, 9.17) is 14.1 Å². The third kappa shape index (κ3) is 4.88. The summed E-state index contributed by atoms with van der Waals surface area (Å²) < 4.78 is 26.6. The first-order valence-corrected chi connectivity index (χ1v) is 10.5. The molecule has 0 N–H and O–H groups in total. The smallest absolute Gasteiger partial charge is 0.267 e. The van der Waals surface area contributed by atoms with Crippen LogP contribution in [0.15, 0.2) is 88.5 Å². The maximum absolute atomic E-state index is 14.1. The van der Waals surface area contributed by atoms with Gasteiger partial charge in [-0.1, -0.05) is 64.9 Å². The predicted molar refractivity (Wildman–Crippen MR) is 122 cm³/mol. The number of rotatable bonds is 8. The number of hydrogen-bond donors (Lipinski definition) is 0. The normalized spacial score (nSPS) is 11.4. The van der Waals surface area contributed by atoms with E-state index in [9.17, 15) is 4.39 Å². The molecule has 174 valence electrons. The van der Waals surface area contributed by atoms with Gasteiger partial charge in [-0.05, 0) is 34.7 Å². The molecule has 0 aliphatic heterocycles. The standard InChI is InChI=1S/C24H18FN7O3/c1-32-24(27-30-31-32)22(16-9-3-2-4-10-16)28-33-15-21-26-23(29-35-21)17-11-5-7-13-19(17)34-20-14-8-6-12-18(20)25/h2-14H,15H2,1H3/b28-22-. The van der Waals surface area contributed by atoms with Gasteiger partial charge in [-0.15, -0.1) is 5.10 Å². The lowest BCUT2D eigenvalue weighted by molar-refractivity contribution is 0.105. The fourth-order valence-corrected chi connectivity index (χ4v) is 3.21. The Kier molecular flexibility index (Phi) is 6.20. The molecular weight excluding hydrogens is 453 g/mol. The van der Waals surface area contributed by atoms with Crippen molar-refractivity contribution in [1.82, 2.24) is 30.3 Å². The topological polar surface area (TPSA) is 113 Å². The van der Waals surface area contributed by atoms with E-state index in [0.717, 1.165) is 5.56 Å². The summed E-state index contributed by atoms with van der Waals surface area (Å²) in [6, 6.07) is 22.5. The van der Waals surface area contributed by atoms with E-state index in [2.05, 4.69) is 30.8 Å². The van der Waals surface area contributed by atoms with Crippen molar-refractivity contribution >= 4 is 5.71 Å². The van der Waals surface area contributed by atoms with Gasteiger partial charge in [-0.25, -0.2) is 9.07 Å². The predicted octanol–water partition coefficient (Wildman–Crippen LogP) is 4.16. The maximum atomic E-state index is 14.1. The molecular formula is C24H18FN7O3. The average Bonchev–Trinajstić information content (AvgIpc) is 3.53. The highest BCUT2D eigenvalue weighted by Crippen LogP contribution is 2.32. The molecule has 3 aromatic carbocycles. The third-order valence-corrected chi connectivity index (χ3v) is 4.88. The quantitative estimate of drug-likeness (QED) is 0.245. The summed E-state index contributed by atoms with van der Waals surface area (Å²) in [4.78, 5) is 9.87.